The highest BCUT2D eigenvalue weighted by Gasteiger charge is 2.27. The second-order valence-corrected chi connectivity index (χ2v) is 4.67. The van der Waals surface area contributed by atoms with Crippen molar-refractivity contribution in [1.82, 2.24) is 19.9 Å². The van der Waals surface area contributed by atoms with Crippen LogP contribution in [0.3, 0.4) is 0 Å². The van der Waals surface area contributed by atoms with E-state index in [9.17, 15) is 9.59 Å². The third-order valence-electron chi connectivity index (χ3n) is 3.27. The molecule has 1 amide bonds. The monoisotopic (exact) mass is 286 g/mol. The predicted octanol–water partition coefficient (Wildman–Crippen LogP) is 0.379. The lowest BCUT2D eigenvalue weighted by atomic mass is 10.2. The van der Waals surface area contributed by atoms with E-state index in [1.165, 1.54) is 6.07 Å². The molecule has 0 spiro atoms. The van der Waals surface area contributed by atoms with Crippen LogP contribution in [0.4, 0.5) is 0 Å². The van der Waals surface area contributed by atoms with E-state index in [-0.39, 0.29) is 23.3 Å². The van der Waals surface area contributed by atoms with Gasteiger partial charge in [0.15, 0.2) is 0 Å². The molecule has 3 heterocycles. The zero-order valence-electron chi connectivity index (χ0n) is 11.2. The minimum absolute atomic E-state index is 0.218. The van der Waals surface area contributed by atoms with Gasteiger partial charge in [-0.3, -0.25) is 19.6 Å². The molecule has 1 N–H and O–H groups in total. The lowest BCUT2D eigenvalue weighted by Gasteiger charge is -2.32. The van der Waals surface area contributed by atoms with Crippen molar-refractivity contribution in [3.63, 3.8) is 0 Å². The summed E-state index contributed by atoms with van der Waals surface area (Å²) < 4.78 is 5.64. The number of nitrogens with one attached hydrogen (secondary N) is 1. The molecular weight excluding hydrogens is 272 g/mol. The topological polar surface area (TPSA) is 88.2 Å². The van der Waals surface area contributed by atoms with Crippen molar-refractivity contribution in [1.29, 1.82) is 0 Å². The number of ether oxygens (including phenoxy) is 1. The molecule has 2 aromatic heterocycles. The molecule has 1 aliphatic rings. The zero-order chi connectivity index (χ0) is 14.7. The molecule has 0 aromatic carbocycles. The van der Waals surface area contributed by atoms with Crippen LogP contribution >= 0.6 is 0 Å². The molecule has 0 bridgehead atoms. The maximum Gasteiger partial charge on any atom is 0.270 e. The Morgan fingerprint density at radius 2 is 2.29 bits per heavy atom. The standard InChI is InChI=1S/C14H14N4O3/c19-13-3-1-2-10(17-13)14(20)18-6-7-21-12(9-18)11-8-15-4-5-16-11/h1-5,8,12H,6-7,9H2,(H,17,19)/t12-/m1/s1. The zero-order valence-corrected chi connectivity index (χ0v) is 11.2. The van der Waals surface area contributed by atoms with Gasteiger partial charge in [-0.1, -0.05) is 6.07 Å². The molecule has 1 atom stereocenters. The average Bonchev–Trinajstić information content (AvgIpc) is 2.55. The van der Waals surface area contributed by atoms with Crippen LogP contribution in [0.15, 0.2) is 41.6 Å². The largest absolute Gasteiger partial charge is 0.368 e. The number of aromatic nitrogens is 3. The van der Waals surface area contributed by atoms with E-state index < -0.39 is 0 Å². The smallest absolute Gasteiger partial charge is 0.270 e. The number of morpholine rings is 1. The summed E-state index contributed by atoms with van der Waals surface area (Å²) in [4.78, 5) is 36.1. The number of nitrogens with zero attached hydrogens (tertiary/aromatic N) is 3. The lowest BCUT2D eigenvalue weighted by Crippen LogP contribution is -2.43. The van der Waals surface area contributed by atoms with E-state index in [1.807, 2.05) is 0 Å². The number of carbonyl (C=O) groups is 1. The third-order valence-corrected chi connectivity index (χ3v) is 3.27. The van der Waals surface area contributed by atoms with Gasteiger partial charge in [0.25, 0.3) is 5.91 Å². The van der Waals surface area contributed by atoms with Gasteiger partial charge in [0.2, 0.25) is 5.56 Å². The average molecular weight is 286 g/mol. The van der Waals surface area contributed by atoms with Crippen LogP contribution in [-0.2, 0) is 4.74 Å². The summed E-state index contributed by atoms with van der Waals surface area (Å²) in [6.07, 6.45) is 4.51. The Morgan fingerprint density at radius 1 is 1.38 bits per heavy atom. The fraction of sp³-hybridized carbons (Fsp3) is 0.286. The van der Waals surface area contributed by atoms with Crippen molar-refractivity contribution in [2.45, 2.75) is 6.10 Å². The molecule has 0 radical (unpaired) electrons. The molecule has 1 saturated heterocycles. The van der Waals surface area contributed by atoms with Crippen molar-refractivity contribution in [3.05, 3.63) is 58.5 Å². The van der Waals surface area contributed by atoms with Crippen LogP contribution in [0.25, 0.3) is 0 Å². The molecule has 1 aliphatic heterocycles. The molecule has 0 unspecified atom stereocenters. The van der Waals surface area contributed by atoms with Gasteiger partial charge >= 0.3 is 0 Å². The SMILES string of the molecule is O=C(c1cccc(=O)[nH]1)N1CCO[C@@H](c2cnccn2)C1. The summed E-state index contributed by atoms with van der Waals surface area (Å²) in [6, 6.07) is 4.53. The molecule has 108 valence electrons. The Balaban J connectivity index is 1.77. The second-order valence-electron chi connectivity index (χ2n) is 4.67. The Morgan fingerprint density at radius 3 is 3.05 bits per heavy atom. The highest BCUT2D eigenvalue weighted by atomic mass is 16.5. The fourth-order valence-electron chi connectivity index (χ4n) is 2.23. The summed E-state index contributed by atoms with van der Waals surface area (Å²) >= 11 is 0. The van der Waals surface area contributed by atoms with Gasteiger partial charge in [-0.2, -0.15) is 0 Å². The van der Waals surface area contributed by atoms with E-state index in [2.05, 4.69) is 15.0 Å². The summed E-state index contributed by atoms with van der Waals surface area (Å²) in [5.74, 6) is -0.218. The van der Waals surface area contributed by atoms with Crippen LogP contribution in [0.2, 0.25) is 0 Å². The van der Waals surface area contributed by atoms with Gasteiger partial charge in [-0.25, -0.2) is 0 Å². The Labute approximate surface area is 120 Å². The molecule has 7 heteroatoms. The summed E-state index contributed by atoms with van der Waals surface area (Å²) in [6.45, 7) is 1.28. The Hall–Kier alpha value is -2.54. The fourth-order valence-corrected chi connectivity index (χ4v) is 2.23. The second kappa shape index (κ2) is 5.84. The quantitative estimate of drug-likeness (QED) is 0.862. The van der Waals surface area contributed by atoms with Gasteiger partial charge in [0.1, 0.15) is 11.8 Å². The molecule has 7 nitrogen and oxygen atoms in total. The molecular formula is C14H14N4O3. The number of H-pyrrole nitrogens is 1. The van der Waals surface area contributed by atoms with Gasteiger partial charge in [0.05, 0.1) is 25.0 Å². The van der Waals surface area contributed by atoms with E-state index >= 15 is 0 Å². The highest BCUT2D eigenvalue weighted by Crippen LogP contribution is 2.20. The Kier molecular flexibility index (Phi) is 3.74. The van der Waals surface area contributed by atoms with E-state index in [0.29, 0.717) is 25.4 Å². The minimum Gasteiger partial charge on any atom is -0.368 e. The molecule has 2 aromatic rings. The molecule has 21 heavy (non-hydrogen) atoms. The maximum atomic E-state index is 12.4. The minimum atomic E-state index is -0.299. The molecule has 1 fully saturated rings. The number of rotatable bonds is 2. The molecule has 0 aliphatic carbocycles. The van der Waals surface area contributed by atoms with Crippen LogP contribution in [-0.4, -0.2) is 45.5 Å². The summed E-state index contributed by atoms with van der Waals surface area (Å²) in [5.41, 5.74) is 0.679. The van der Waals surface area contributed by atoms with Gasteiger partial charge < -0.3 is 14.6 Å². The number of carbonyl (C=O) groups excluding carboxylic acids is 1. The van der Waals surface area contributed by atoms with Gasteiger partial charge in [0, 0.05) is 25.0 Å². The van der Waals surface area contributed by atoms with Crippen molar-refractivity contribution in [3.8, 4) is 0 Å². The lowest BCUT2D eigenvalue weighted by molar-refractivity contribution is -0.0250. The van der Waals surface area contributed by atoms with E-state index in [4.69, 9.17) is 4.74 Å². The number of amides is 1. The first-order valence-electron chi connectivity index (χ1n) is 6.60. The summed E-state index contributed by atoms with van der Waals surface area (Å²) in [5, 5.41) is 0. The van der Waals surface area contributed by atoms with Crippen molar-refractivity contribution in [2.75, 3.05) is 19.7 Å². The molecule has 3 rings (SSSR count). The highest BCUT2D eigenvalue weighted by molar-refractivity contribution is 5.92. The first-order valence-corrected chi connectivity index (χ1v) is 6.60. The first kappa shape index (κ1) is 13.4. The van der Waals surface area contributed by atoms with Crippen LogP contribution in [0.5, 0.6) is 0 Å². The van der Waals surface area contributed by atoms with Crippen LogP contribution < -0.4 is 5.56 Å². The van der Waals surface area contributed by atoms with Crippen LogP contribution in [0, 0.1) is 0 Å². The number of pyridine rings is 1. The van der Waals surface area contributed by atoms with Gasteiger partial charge in [-0.05, 0) is 6.07 Å². The van der Waals surface area contributed by atoms with Crippen molar-refractivity contribution < 1.29 is 9.53 Å². The van der Waals surface area contributed by atoms with E-state index in [1.54, 1.807) is 35.6 Å². The third kappa shape index (κ3) is 2.97. The predicted molar refractivity (Wildman–Crippen MR) is 73.7 cm³/mol. The Bertz CT molecular complexity index is 686. The van der Waals surface area contributed by atoms with E-state index in [0.717, 1.165) is 0 Å². The maximum absolute atomic E-state index is 12.4. The first-order chi connectivity index (χ1) is 10.2. The number of aromatic amines is 1. The number of hydrogen-bond donors (Lipinski definition) is 1. The van der Waals surface area contributed by atoms with Gasteiger partial charge in [-0.15, -0.1) is 0 Å². The van der Waals surface area contributed by atoms with Crippen molar-refractivity contribution >= 4 is 5.91 Å². The normalized spacial score (nSPS) is 18.5. The summed E-state index contributed by atoms with van der Waals surface area (Å²) in [7, 11) is 0. The number of hydrogen-bond acceptors (Lipinski definition) is 5. The van der Waals surface area contributed by atoms with Crippen molar-refractivity contribution in [2.24, 2.45) is 0 Å². The van der Waals surface area contributed by atoms with Crippen LogP contribution in [0.1, 0.15) is 22.3 Å². The molecule has 0 saturated carbocycles.